The lowest BCUT2D eigenvalue weighted by Gasteiger charge is -2.19. The van der Waals surface area contributed by atoms with Crippen molar-refractivity contribution in [2.45, 2.75) is 13.1 Å². The van der Waals surface area contributed by atoms with Crippen LogP contribution in [0.1, 0.15) is 11.1 Å². The summed E-state index contributed by atoms with van der Waals surface area (Å²) in [5.74, 6) is 0. The molecule has 0 aliphatic heterocycles. The molecule has 0 aliphatic rings. The summed E-state index contributed by atoms with van der Waals surface area (Å²) < 4.78 is 5.01. The molecule has 0 bridgehead atoms. The minimum absolute atomic E-state index is 0.751. The molecule has 20 heavy (non-hydrogen) atoms. The second-order valence-electron chi connectivity index (χ2n) is 4.82. The monoisotopic (exact) mass is 290 g/mol. The van der Waals surface area contributed by atoms with Gasteiger partial charge >= 0.3 is 0 Å². The summed E-state index contributed by atoms with van der Waals surface area (Å²) in [6.07, 6.45) is 0. The van der Waals surface area contributed by atoms with Crippen molar-refractivity contribution in [2.75, 3.05) is 32.2 Å². The number of anilines is 1. The zero-order valence-electron chi connectivity index (χ0n) is 12.1. The maximum Gasteiger partial charge on any atom is 0.0587 e. The van der Waals surface area contributed by atoms with E-state index in [1.165, 1.54) is 16.8 Å². The van der Waals surface area contributed by atoms with Gasteiger partial charge in [0.1, 0.15) is 0 Å². The zero-order chi connectivity index (χ0) is 14.2. The largest absolute Gasteiger partial charge is 0.383 e. The number of nitrogens with one attached hydrogen (secondary N) is 1. The summed E-state index contributed by atoms with van der Waals surface area (Å²) in [6.45, 7) is 3.48. The lowest BCUT2D eigenvalue weighted by atomic mass is 10.2. The molecular weight excluding hydrogens is 268 g/mol. The zero-order valence-corrected chi connectivity index (χ0v) is 13.0. The molecule has 1 heterocycles. The van der Waals surface area contributed by atoms with E-state index < -0.39 is 0 Å². The first-order chi connectivity index (χ1) is 9.79. The van der Waals surface area contributed by atoms with Crippen LogP contribution in [0.2, 0.25) is 0 Å². The predicted octanol–water partition coefficient (Wildman–Crippen LogP) is 3.12. The fraction of sp³-hybridized carbons (Fsp3) is 0.375. The molecule has 1 aromatic heterocycles. The van der Waals surface area contributed by atoms with E-state index in [4.69, 9.17) is 4.74 Å². The van der Waals surface area contributed by atoms with Crippen LogP contribution in [0.5, 0.6) is 0 Å². The summed E-state index contributed by atoms with van der Waals surface area (Å²) in [7, 11) is 3.85. The fourth-order valence-corrected chi connectivity index (χ4v) is 2.68. The second-order valence-corrected chi connectivity index (χ2v) is 5.60. The summed E-state index contributed by atoms with van der Waals surface area (Å²) in [4.78, 5) is 2.27. The molecule has 3 nitrogen and oxygen atoms in total. The quantitative estimate of drug-likeness (QED) is 0.756. The molecule has 4 heteroatoms. The Labute approximate surface area is 125 Å². The Hall–Kier alpha value is -1.36. The Bertz CT molecular complexity index is 482. The van der Waals surface area contributed by atoms with Crippen molar-refractivity contribution in [2.24, 2.45) is 0 Å². The van der Waals surface area contributed by atoms with E-state index >= 15 is 0 Å². The molecule has 1 aromatic carbocycles. The highest BCUT2D eigenvalue weighted by molar-refractivity contribution is 7.07. The topological polar surface area (TPSA) is 24.5 Å². The fourth-order valence-electron chi connectivity index (χ4n) is 2.02. The maximum absolute atomic E-state index is 5.01. The summed E-state index contributed by atoms with van der Waals surface area (Å²) in [5.41, 5.74) is 3.91. The van der Waals surface area contributed by atoms with Crippen LogP contribution in [0.4, 0.5) is 5.69 Å². The van der Waals surface area contributed by atoms with Crippen LogP contribution in [-0.2, 0) is 17.8 Å². The molecule has 1 N–H and O–H groups in total. The number of hydrogen-bond acceptors (Lipinski definition) is 4. The predicted molar refractivity (Wildman–Crippen MR) is 86.5 cm³/mol. The number of thiophene rings is 1. The standard InChI is InChI=1S/C16H22N2OS/c1-18(12-15-7-10-20-13-15)16-5-3-14(4-6-16)11-17-8-9-19-2/h3-7,10,13,17H,8-9,11-12H2,1-2H3. The third kappa shape index (κ3) is 4.63. The van der Waals surface area contributed by atoms with Crippen LogP contribution in [0.15, 0.2) is 41.1 Å². The molecule has 0 fully saturated rings. The minimum atomic E-state index is 0.751. The Morgan fingerprint density at radius 1 is 1.15 bits per heavy atom. The number of methoxy groups -OCH3 is 1. The molecule has 0 saturated heterocycles. The Balaban J connectivity index is 1.84. The van der Waals surface area contributed by atoms with Crippen molar-refractivity contribution >= 4 is 17.0 Å². The van der Waals surface area contributed by atoms with E-state index in [-0.39, 0.29) is 0 Å². The van der Waals surface area contributed by atoms with E-state index in [9.17, 15) is 0 Å². The number of benzene rings is 1. The second kappa shape index (κ2) is 8.04. The highest BCUT2D eigenvalue weighted by Gasteiger charge is 2.02. The average Bonchev–Trinajstić information content (AvgIpc) is 2.97. The van der Waals surface area contributed by atoms with E-state index in [1.807, 2.05) is 0 Å². The van der Waals surface area contributed by atoms with Gasteiger partial charge < -0.3 is 15.0 Å². The molecule has 0 unspecified atom stereocenters. The SMILES string of the molecule is COCCNCc1ccc(N(C)Cc2ccsc2)cc1. The van der Waals surface area contributed by atoms with Gasteiger partial charge in [-0.3, -0.25) is 0 Å². The van der Waals surface area contributed by atoms with Crippen LogP contribution < -0.4 is 10.2 Å². The molecule has 2 aromatic rings. The van der Waals surface area contributed by atoms with Gasteiger partial charge in [0, 0.05) is 39.5 Å². The first-order valence-electron chi connectivity index (χ1n) is 6.80. The molecule has 0 amide bonds. The smallest absolute Gasteiger partial charge is 0.0587 e. The van der Waals surface area contributed by atoms with Crippen LogP contribution in [0.25, 0.3) is 0 Å². The minimum Gasteiger partial charge on any atom is -0.383 e. The van der Waals surface area contributed by atoms with Gasteiger partial charge in [0.25, 0.3) is 0 Å². The van der Waals surface area contributed by atoms with Gasteiger partial charge in [0.05, 0.1) is 6.61 Å². The van der Waals surface area contributed by atoms with Gasteiger partial charge in [-0.25, -0.2) is 0 Å². The van der Waals surface area contributed by atoms with E-state index in [0.29, 0.717) is 0 Å². The van der Waals surface area contributed by atoms with Gasteiger partial charge in [-0.2, -0.15) is 11.3 Å². The molecule has 0 saturated carbocycles. The molecular formula is C16H22N2OS. The molecule has 0 atom stereocenters. The lowest BCUT2D eigenvalue weighted by molar-refractivity contribution is 0.199. The van der Waals surface area contributed by atoms with Crippen molar-refractivity contribution in [3.05, 3.63) is 52.2 Å². The van der Waals surface area contributed by atoms with Crippen molar-refractivity contribution in [3.8, 4) is 0 Å². The van der Waals surface area contributed by atoms with Crippen LogP contribution in [-0.4, -0.2) is 27.3 Å². The third-order valence-corrected chi connectivity index (χ3v) is 3.92. The summed E-state index contributed by atoms with van der Waals surface area (Å²) in [5, 5.41) is 7.67. The van der Waals surface area contributed by atoms with E-state index in [0.717, 1.165) is 26.2 Å². The van der Waals surface area contributed by atoms with Crippen LogP contribution >= 0.6 is 11.3 Å². The van der Waals surface area contributed by atoms with Gasteiger partial charge in [-0.1, -0.05) is 12.1 Å². The van der Waals surface area contributed by atoms with Crippen molar-refractivity contribution in [1.82, 2.24) is 5.32 Å². The molecule has 0 radical (unpaired) electrons. The van der Waals surface area contributed by atoms with Crippen LogP contribution in [0.3, 0.4) is 0 Å². The van der Waals surface area contributed by atoms with Crippen molar-refractivity contribution < 1.29 is 4.74 Å². The van der Waals surface area contributed by atoms with Crippen LogP contribution in [0, 0.1) is 0 Å². The number of hydrogen-bond donors (Lipinski definition) is 1. The highest BCUT2D eigenvalue weighted by Crippen LogP contribution is 2.17. The van der Waals surface area contributed by atoms with Crippen molar-refractivity contribution in [3.63, 3.8) is 0 Å². The van der Waals surface area contributed by atoms with E-state index in [1.54, 1.807) is 18.4 Å². The average molecular weight is 290 g/mol. The Morgan fingerprint density at radius 2 is 1.95 bits per heavy atom. The first kappa shape index (κ1) is 15.0. The Kier molecular flexibility index (Phi) is 6.05. The van der Waals surface area contributed by atoms with Gasteiger partial charge in [0.15, 0.2) is 0 Å². The van der Waals surface area contributed by atoms with Gasteiger partial charge in [0.2, 0.25) is 0 Å². The number of ether oxygens (including phenoxy) is 1. The molecule has 0 aliphatic carbocycles. The summed E-state index contributed by atoms with van der Waals surface area (Å²) in [6, 6.07) is 10.9. The van der Waals surface area contributed by atoms with E-state index in [2.05, 4.69) is 58.4 Å². The highest BCUT2D eigenvalue weighted by atomic mass is 32.1. The number of rotatable bonds is 8. The summed E-state index contributed by atoms with van der Waals surface area (Å²) >= 11 is 1.75. The van der Waals surface area contributed by atoms with Gasteiger partial charge in [-0.05, 0) is 40.1 Å². The molecule has 2 rings (SSSR count). The first-order valence-corrected chi connectivity index (χ1v) is 7.74. The molecule has 0 spiro atoms. The molecule has 108 valence electrons. The maximum atomic E-state index is 5.01. The Morgan fingerprint density at radius 3 is 2.60 bits per heavy atom. The van der Waals surface area contributed by atoms with Gasteiger partial charge in [-0.15, -0.1) is 0 Å². The number of nitrogens with zero attached hydrogens (tertiary/aromatic N) is 1. The normalized spacial score (nSPS) is 10.7. The third-order valence-electron chi connectivity index (χ3n) is 3.19. The van der Waals surface area contributed by atoms with Crippen molar-refractivity contribution in [1.29, 1.82) is 0 Å². The lowest BCUT2D eigenvalue weighted by Crippen LogP contribution is -2.19.